The van der Waals surface area contributed by atoms with Crippen LogP contribution in [-0.2, 0) is 0 Å². The highest BCUT2D eigenvalue weighted by atomic mass is 32.1. The number of nitrogens with one attached hydrogen (secondary N) is 1. The van der Waals surface area contributed by atoms with E-state index in [-0.39, 0.29) is 0 Å². The van der Waals surface area contributed by atoms with E-state index >= 15 is 0 Å². The van der Waals surface area contributed by atoms with Gasteiger partial charge in [0.25, 0.3) is 0 Å². The third kappa shape index (κ3) is 11.1. The predicted molar refractivity (Wildman–Crippen MR) is 163 cm³/mol. The molecule has 3 saturated heterocycles. The van der Waals surface area contributed by atoms with Crippen molar-refractivity contribution in [2.75, 3.05) is 78.5 Å². The van der Waals surface area contributed by atoms with Crippen molar-refractivity contribution >= 4 is 34.7 Å². The molecule has 0 aliphatic carbocycles. The van der Waals surface area contributed by atoms with Gasteiger partial charge in [-0.05, 0) is 66.0 Å². The summed E-state index contributed by atoms with van der Waals surface area (Å²) in [6, 6.07) is 1.99. The van der Waals surface area contributed by atoms with Gasteiger partial charge in [-0.15, -0.1) is 0 Å². The van der Waals surface area contributed by atoms with Crippen LogP contribution in [0.5, 0.6) is 0 Å². The fourth-order valence-corrected chi connectivity index (χ4v) is 5.10. The smallest absolute Gasteiger partial charge is 0.181 e. The summed E-state index contributed by atoms with van der Waals surface area (Å²) in [5, 5.41) is 4.73. The van der Waals surface area contributed by atoms with E-state index in [0.717, 1.165) is 76.6 Å². The summed E-state index contributed by atoms with van der Waals surface area (Å²) in [6.07, 6.45) is 5.42. The van der Waals surface area contributed by atoms with E-state index in [1.165, 1.54) is 13.1 Å². The minimum atomic E-state index is 0.540. The van der Waals surface area contributed by atoms with Crippen molar-refractivity contribution in [1.29, 1.82) is 0 Å². The van der Waals surface area contributed by atoms with E-state index in [2.05, 4.69) is 76.3 Å². The van der Waals surface area contributed by atoms with Gasteiger partial charge in [0.2, 0.25) is 0 Å². The van der Waals surface area contributed by atoms with Crippen LogP contribution in [-0.4, -0.2) is 141 Å². The number of thiocarbonyl (C=S) groups is 2. The molecule has 4 rings (SSSR count). The molecule has 3 aliphatic heterocycles. The molecule has 4 heterocycles. The Bertz CT molecular complexity index is 763. The zero-order chi connectivity index (χ0) is 27.4. The van der Waals surface area contributed by atoms with Crippen molar-refractivity contribution < 1.29 is 0 Å². The fourth-order valence-electron chi connectivity index (χ4n) is 4.62. The number of nitrogens with zero attached hydrogens (tertiary/aromatic N) is 7. The summed E-state index contributed by atoms with van der Waals surface area (Å²) in [4.78, 5) is 15.7. The van der Waals surface area contributed by atoms with Crippen molar-refractivity contribution in [2.24, 2.45) is 5.73 Å². The molecule has 0 bridgehead atoms. The third-order valence-corrected chi connectivity index (χ3v) is 8.01. The van der Waals surface area contributed by atoms with Crippen LogP contribution in [0.3, 0.4) is 0 Å². The summed E-state index contributed by atoms with van der Waals surface area (Å²) in [7, 11) is 0. The summed E-state index contributed by atoms with van der Waals surface area (Å²) in [5.41, 5.74) is 5.53. The van der Waals surface area contributed by atoms with E-state index < -0.39 is 0 Å². The minimum absolute atomic E-state index is 0.540. The second-order valence-corrected chi connectivity index (χ2v) is 11.5. The molecule has 0 amide bonds. The molecule has 1 aromatic rings. The van der Waals surface area contributed by atoms with Gasteiger partial charge in [-0.25, -0.2) is 4.98 Å². The number of nitrogens with two attached hydrogens (primary N) is 1. The van der Waals surface area contributed by atoms with Crippen LogP contribution in [0.15, 0.2) is 18.7 Å². The molecule has 0 saturated carbocycles. The van der Waals surface area contributed by atoms with E-state index in [1.54, 1.807) is 12.5 Å². The highest BCUT2D eigenvalue weighted by molar-refractivity contribution is 7.80. The normalized spacial score (nSPS) is 19.9. The molecule has 0 radical (unpaired) electrons. The highest BCUT2D eigenvalue weighted by Crippen LogP contribution is 2.08. The second kappa shape index (κ2) is 16.6. The van der Waals surface area contributed by atoms with Crippen LogP contribution in [0.4, 0.5) is 0 Å². The number of imidazole rings is 1. The second-order valence-electron chi connectivity index (χ2n) is 10.7. The standard InChI is InChI=1S/C11H18N4S.C8H17N3S.C7H16N2/c1-10(2)13-5-7-14(8-6-13)11(16)15-4-3-12-9-15;1-7(2)10-3-5-11(6-4-10)8(9)12;1-7(2)9-5-3-8-4-6-9/h3-4,9-10H,5-8H2,1-2H3;7H,3-6H2,1-2H3,(H2,9,12);7-8H,3-6H2,1-2H3. The van der Waals surface area contributed by atoms with E-state index in [1.807, 2.05) is 10.8 Å². The highest BCUT2D eigenvalue weighted by Gasteiger charge is 2.21. The molecule has 3 fully saturated rings. The molecule has 3 aliphatic rings. The Hall–Kier alpha value is -1.37. The van der Waals surface area contributed by atoms with Gasteiger partial charge >= 0.3 is 0 Å². The number of piperazine rings is 3. The first-order valence-corrected chi connectivity index (χ1v) is 14.7. The van der Waals surface area contributed by atoms with Gasteiger partial charge < -0.3 is 20.9 Å². The molecule has 1 aromatic heterocycles. The SMILES string of the molecule is CC(C)N1CCN(C(=S)n2ccnc2)CC1.CC(C)N1CCN(C(N)=S)CC1.CC(C)N1CCNCC1. The van der Waals surface area contributed by atoms with Crippen LogP contribution in [0.1, 0.15) is 41.5 Å². The monoisotopic (exact) mass is 553 g/mol. The van der Waals surface area contributed by atoms with Crippen molar-refractivity contribution in [3.05, 3.63) is 18.7 Å². The molecule has 0 spiro atoms. The van der Waals surface area contributed by atoms with Crippen LogP contribution in [0, 0.1) is 0 Å². The van der Waals surface area contributed by atoms with Crippen molar-refractivity contribution in [2.45, 2.75) is 59.7 Å². The molecule has 0 aromatic carbocycles. The molecule has 0 unspecified atom stereocenters. The lowest BCUT2D eigenvalue weighted by Crippen LogP contribution is -2.52. The maximum Gasteiger partial charge on any atom is 0.181 e. The largest absolute Gasteiger partial charge is 0.376 e. The molecular weight excluding hydrogens is 502 g/mol. The van der Waals surface area contributed by atoms with Crippen molar-refractivity contribution in [1.82, 2.24) is 39.4 Å². The lowest BCUT2D eigenvalue weighted by Gasteiger charge is -2.38. The number of hydrogen-bond donors (Lipinski definition) is 2. The Morgan fingerprint density at radius 3 is 1.49 bits per heavy atom. The quantitative estimate of drug-likeness (QED) is 0.540. The molecule has 212 valence electrons. The lowest BCUT2D eigenvalue weighted by atomic mass is 10.2. The molecule has 9 nitrogen and oxygen atoms in total. The van der Waals surface area contributed by atoms with Crippen LogP contribution < -0.4 is 11.1 Å². The van der Waals surface area contributed by atoms with Gasteiger partial charge in [0.15, 0.2) is 10.2 Å². The summed E-state index contributed by atoms with van der Waals surface area (Å²) in [6.45, 7) is 26.5. The Balaban J connectivity index is 0.000000204. The third-order valence-electron chi connectivity index (χ3n) is 7.28. The first-order chi connectivity index (χ1) is 17.6. The van der Waals surface area contributed by atoms with E-state index in [9.17, 15) is 0 Å². The molecule has 37 heavy (non-hydrogen) atoms. The van der Waals surface area contributed by atoms with Crippen LogP contribution in [0.25, 0.3) is 0 Å². The van der Waals surface area contributed by atoms with Gasteiger partial charge in [0.05, 0.1) is 0 Å². The maximum atomic E-state index is 5.53. The molecule has 3 N–H and O–H groups in total. The van der Waals surface area contributed by atoms with Crippen molar-refractivity contribution in [3.63, 3.8) is 0 Å². The van der Waals surface area contributed by atoms with E-state index in [0.29, 0.717) is 17.2 Å². The van der Waals surface area contributed by atoms with E-state index in [4.69, 9.17) is 30.2 Å². The average molecular weight is 554 g/mol. The Labute approximate surface area is 236 Å². The Kier molecular flexibility index (Phi) is 14.3. The fraction of sp³-hybridized carbons (Fsp3) is 0.808. The van der Waals surface area contributed by atoms with Gasteiger partial charge in [0.1, 0.15) is 6.33 Å². The molecule has 0 atom stereocenters. The minimum Gasteiger partial charge on any atom is -0.376 e. The van der Waals surface area contributed by atoms with Crippen molar-refractivity contribution in [3.8, 4) is 0 Å². The number of hydrogen-bond acceptors (Lipinski definition) is 7. The number of aromatic nitrogens is 2. The van der Waals surface area contributed by atoms with Crippen LogP contribution in [0.2, 0.25) is 0 Å². The molecular formula is C26H51N9S2. The Morgan fingerprint density at radius 1 is 0.703 bits per heavy atom. The van der Waals surface area contributed by atoms with Gasteiger partial charge in [-0.1, -0.05) is 0 Å². The topological polar surface area (TPSA) is 72.1 Å². The summed E-state index contributed by atoms with van der Waals surface area (Å²) >= 11 is 10.3. The van der Waals surface area contributed by atoms with Gasteiger partial charge in [0, 0.05) is 109 Å². The van der Waals surface area contributed by atoms with Gasteiger partial charge in [-0.2, -0.15) is 0 Å². The lowest BCUT2D eigenvalue weighted by molar-refractivity contribution is 0.148. The average Bonchev–Trinajstić information content (AvgIpc) is 3.45. The summed E-state index contributed by atoms with van der Waals surface area (Å²) in [5.74, 6) is 0. The molecule has 11 heteroatoms. The predicted octanol–water partition coefficient (Wildman–Crippen LogP) is 1.60. The van der Waals surface area contributed by atoms with Gasteiger partial charge in [-0.3, -0.25) is 19.3 Å². The maximum absolute atomic E-state index is 5.53. The number of rotatable bonds is 3. The summed E-state index contributed by atoms with van der Waals surface area (Å²) < 4.78 is 1.90. The Morgan fingerprint density at radius 2 is 1.14 bits per heavy atom. The zero-order valence-corrected chi connectivity index (χ0v) is 25.6. The first kappa shape index (κ1) is 31.8. The zero-order valence-electron chi connectivity index (χ0n) is 24.0. The van der Waals surface area contributed by atoms with Crippen LogP contribution >= 0.6 is 24.4 Å². The first-order valence-electron chi connectivity index (χ1n) is 13.8.